The Kier molecular flexibility index (Phi) is 2.48. The fraction of sp³-hybridized carbons (Fsp3) is 0.429. The maximum Gasteiger partial charge on any atom is 0.213 e. The van der Waals surface area contributed by atoms with Gasteiger partial charge in [-0.3, -0.25) is 4.98 Å². The molecule has 0 radical (unpaired) electrons. The second kappa shape index (κ2) is 3.92. The molecule has 94 valence electrons. The van der Waals surface area contributed by atoms with Crippen molar-refractivity contribution in [1.82, 2.24) is 9.97 Å². The van der Waals surface area contributed by atoms with Gasteiger partial charge in [-0.2, -0.15) is 0 Å². The van der Waals surface area contributed by atoms with Gasteiger partial charge in [0.25, 0.3) is 0 Å². The average Bonchev–Trinajstić information content (AvgIpc) is 2.35. The maximum absolute atomic E-state index is 5.37. The van der Waals surface area contributed by atoms with Crippen LogP contribution in [0.2, 0.25) is 0 Å². The molecule has 0 N–H and O–H groups in total. The van der Waals surface area contributed by atoms with Gasteiger partial charge in [0.1, 0.15) is 0 Å². The Morgan fingerprint density at radius 1 is 1.33 bits per heavy atom. The monoisotopic (exact) mass is 244 g/mol. The van der Waals surface area contributed by atoms with E-state index in [4.69, 9.17) is 9.47 Å². The lowest BCUT2D eigenvalue weighted by Crippen LogP contribution is -2.44. The number of fused-ring (bicyclic) bond motifs is 1. The van der Waals surface area contributed by atoms with Crippen molar-refractivity contribution in [3.8, 4) is 5.88 Å². The molecule has 18 heavy (non-hydrogen) atoms. The fourth-order valence-electron chi connectivity index (χ4n) is 2.57. The Balaban J connectivity index is 2.29. The van der Waals surface area contributed by atoms with Gasteiger partial charge in [-0.1, -0.05) is 6.92 Å². The predicted octanol–water partition coefficient (Wildman–Crippen LogP) is 2.23. The molecule has 0 amide bonds. The number of pyridine rings is 2. The minimum Gasteiger partial charge on any atom is -0.481 e. The van der Waals surface area contributed by atoms with Crippen LogP contribution in [0, 0.1) is 6.92 Å². The molecule has 2 aromatic rings. The molecule has 0 bridgehead atoms. The Morgan fingerprint density at radius 3 is 2.72 bits per heavy atom. The Labute approximate surface area is 106 Å². The molecule has 4 nitrogen and oxygen atoms in total. The summed E-state index contributed by atoms with van der Waals surface area (Å²) in [4.78, 5) is 8.99. The van der Waals surface area contributed by atoms with Crippen molar-refractivity contribution in [2.24, 2.45) is 0 Å². The minimum atomic E-state index is 0.0463. The number of rotatable bonds is 2. The van der Waals surface area contributed by atoms with Gasteiger partial charge >= 0.3 is 0 Å². The highest BCUT2D eigenvalue weighted by Gasteiger charge is 2.38. The number of methoxy groups -OCH3 is 1. The van der Waals surface area contributed by atoms with Gasteiger partial charge in [0.05, 0.1) is 31.4 Å². The molecular weight excluding hydrogens is 228 g/mol. The van der Waals surface area contributed by atoms with Crippen LogP contribution >= 0.6 is 0 Å². The topological polar surface area (TPSA) is 44.2 Å². The van der Waals surface area contributed by atoms with Crippen LogP contribution in [0.5, 0.6) is 5.88 Å². The zero-order valence-corrected chi connectivity index (χ0v) is 10.9. The van der Waals surface area contributed by atoms with Crippen molar-refractivity contribution >= 4 is 11.0 Å². The summed E-state index contributed by atoms with van der Waals surface area (Å²) in [5, 5.41) is 0. The van der Waals surface area contributed by atoms with Gasteiger partial charge in [-0.25, -0.2) is 4.98 Å². The van der Waals surface area contributed by atoms with E-state index in [2.05, 4.69) is 23.8 Å². The molecule has 1 fully saturated rings. The molecule has 0 aliphatic carbocycles. The molecule has 3 heterocycles. The first-order valence-electron chi connectivity index (χ1n) is 6.03. The van der Waals surface area contributed by atoms with E-state index in [1.807, 2.05) is 18.3 Å². The molecule has 4 heteroatoms. The van der Waals surface area contributed by atoms with Crippen molar-refractivity contribution in [1.29, 1.82) is 0 Å². The number of hydrogen-bond donors (Lipinski definition) is 0. The summed E-state index contributed by atoms with van der Waals surface area (Å²) in [5.41, 5.74) is 4.28. The number of nitrogens with zero attached hydrogens (tertiary/aromatic N) is 2. The molecule has 0 atom stereocenters. The molecule has 2 aromatic heterocycles. The van der Waals surface area contributed by atoms with Crippen LogP contribution in [-0.4, -0.2) is 30.3 Å². The Morgan fingerprint density at radius 2 is 2.11 bits per heavy atom. The third-order valence-electron chi connectivity index (χ3n) is 3.53. The summed E-state index contributed by atoms with van der Waals surface area (Å²) in [6.45, 7) is 5.77. The van der Waals surface area contributed by atoms with E-state index in [1.54, 1.807) is 7.11 Å². The standard InChI is InChI=1S/C14H16N2O2/c1-9-6-15-10-4-5-11(17-3)16-13(10)12(9)14(2)7-18-8-14/h4-6H,7-8H2,1-3H3. The van der Waals surface area contributed by atoms with E-state index in [0.29, 0.717) is 5.88 Å². The molecular formula is C14H16N2O2. The summed E-state index contributed by atoms with van der Waals surface area (Å²) < 4.78 is 10.6. The number of ether oxygens (including phenoxy) is 2. The van der Waals surface area contributed by atoms with Crippen molar-refractivity contribution in [3.63, 3.8) is 0 Å². The second-order valence-corrected chi connectivity index (χ2v) is 5.09. The van der Waals surface area contributed by atoms with E-state index in [0.717, 1.165) is 29.8 Å². The van der Waals surface area contributed by atoms with Crippen LogP contribution in [0.4, 0.5) is 0 Å². The van der Waals surface area contributed by atoms with Gasteiger partial charge in [0.15, 0.2) is 0 Å². The largest absolute Gasteiger partial charge is 0.481 e. The zero-order chi connectivity index (χ0) is 12.8. The van der Waals surface area contributed by atoms with E-state index in [1.165, 1.54) is 5.56 Å². The average molecular weight is 244 g/mol. The van der Waals surface area contributed by atoms with Gasteiger partial charge in [0, 0.05) is 17.7 Å². The van der Waals surface area contributed by atoms with E-state index in [-0.39, 0.29) is 5.41 Å². The molecule has 0 saturated carbocycles. The van der Waals surface area contributed by atoms with E-state index >= 15 is 0 Å². The number of hydrogen-bond acceptors (Lipinski definition) is 4. The lowest BCUT2D eigenvalue weighted by atomic mass is 9.78. The van der Waals surface area contributed by atoms with Gasteiger partial charge in [0.2, 0.25) is 5.88 Å². The van der Waals surface area contributed by atoms with Crippen LogP contribution in [-0.2, 0) is 10.2 Å². The van der Waals surface area contributed by atoms with Crippen molar-refractivity contribution < 1.29 is 9.47 Å². The first-order valence-corrected chi connectivity index (χ1v) is 6.03. The quantitative estimate of drug-likeness (QED) is 0.812. The second-order valence-electron chi connectivity index (χ2n) is 5.09. The summed E-state index contributed by atoms with van der Waals surface area (Å²) >= 11 is 0. The van der Waals surface area contributed by atoms with Gasteiger partial charge in [-0.05, 0) is 24.1 Å². The Bertz CT molecular complexity index is 606. The first kappa shape index (κ1) is 11.4. The van der Waals surface area contributed by atoms with Crippen LogP contribution in [0.1, 0.15) is 18.1 Å². The fourth-order valence-corrected chi connectivity index (χ4v) is 2.57. The van der Waals surface area contributed by atoms with Crippen LogP contribution in [0.25, 0.3) is 11.0 Å². The van der Waals surface area contributed by atoms with Gasteiger partial charge < -0.3 is 9.47 Å². The summed E-state index contributed by atoms with van der Waals surface area (Å²) in [6, 6.07) is 3.79. The number of aryl methyl sites for hydroxylation is 1. The summed E-state index contributed by atoms with van der Waals surface area (Å²) in [6.07, 6.45) is 1.91. The van der Waals surface area contributed by atoms with E-state index < -0.39 is 0 Å². The lowest BCUT2D eigenvalue weighted by Gasteiger charge is -2.39. The molecule has 1 saturated heterocycles. The molecule has 0 unspecified atom stereocenters. The highest BCUT2D eigenvalue weighted by Crippen LogP contribution is 2.37. The smallest absolute Gasteiger partial charge is 0.213 e. The van der Waals surface area contributed by atoms with Crippen LogP contribution in [0.15, 0.2) is 18.3 Å². The summed E-state index contributed by atoms with van der Waals surface area (Å²) in [5.74, 6) is 0.625. The predicted molar refractivity (Wildman–Crippen MR) is 69.0 cm³/mol. The van der Waals surface area contributed by atoms with Crippen molar-refractivity contribution in [2.45, 2.75) is 19.3 Å². The normalized spacial score (nSPS) is 17.5. The number of aromatic nitrogens is 2. The Hall–Kier alpha value is -1.68. The SMILES string of the molecule is COc1ccc2ncc(C)c(C3(C)COC3)c2n1. The first-order chi connectivity index (χ1) is 8.64. The molecule has 1 aliphatic rings. The zero-order valence-electron chi connectivity index (χ0n) is 10.9. The molecule has 0 spiro atoms. The van der Waals surface area contributed by atoms with Crippen LogP contribution in [0.3, 0.4) is 0 Å². The van der Waals surface area contributed by atoms with Gasteiger partial charge in [-0.15, -0.1) is 0 Å². The third-order valence-corrected chi connectivity index (χ3v) is 3.53. The molecule has 0 aromatic carbocycles. The molecule has 1 aliphatic heterocycles. The van der Waals surface area contributed by atoms with Crippen LogP contribution < -0.4 is 4.74 Å². The van der Waals surface area contributed by atoms with Crippen molar-refractivity contribution in [2.75, 3.05) is 20.3 Å². The molecule has 3 rings (SSSR count). The van der Waals surface area contributed by atoms with Crippen molar-refractivity contribution in [3.05, 3.63) is 29.5 Å². The summed E-state index contributed by atoms with van der Waals surface area (Å²) in [7, 11) is 1.63. The highest BCUT2D eigenvalue weighted by molar-refractivity contribution is 5.80. The maximum atomic E-state index is 5.37. The lowest BCUT2D eigenvalue weighted by molar-refractivity contribution is -0.0496. The highest BCUT2D eigenvalue weighted by atomic mass is 16.5. The minimum absolute atomic E-state index is 0.0463. The third kappa shape index (κ3) is 1.56. The van der Waals surface area contributed by atoms with E-state index in [9.17, 15) is 0 Å².